The number of thiazole rings is 1. The molecule has 1 aromatic heterocycles. The third kappa shape index (κ3) is 5.36. The van der Waals surface area contributed by atoms with Crippen LogP contribution in [0, 0.1) is 11.7 Å². The van der Waals surface area contributed by atoms with E-state index < -0.39 is 11.8 Å². The second-order valence-electron chi connectivity index (χ2n) is 6.24. The van der Waals surface area contributed by atoms with Gasteiger partial charge in [0.2, 0.25) is 0 Å². The van der Waals surface area contributed by atoms with E-state index in [2.05, 4.69) is 18.8 Å². The zero-order chi connectivity index (χ0) is 19.1. The number of rotatable bonds is 8. The van der Waals surface area contributed by atoms with E-state index >= 15 is 0 Å². The van der Waals surface area contributed by atoms with Crippen LogP contribution in [0.15, 0.2) is 29.6 Å². The van der Waals surface area contributed by atoms with Gasteiger partial charge in [-0.1, -0.05) is 26.0 Å². The molecule has 26 heavy (non-hydrogen) atoms. The van der Waals surface area contributed by atoms with E-state index in [0.717, 1.165) is 6.42 Å². The summed E-state index contributed by atoms with van der Waals surface area (Å²) in [5.41, 5.74) is 0.271. The normalized spacial score (nSPS) is 10.8. The molecule has 1 heterocycles. The average Bonchev–Trinajstić information content (AvgIpc) is 3.07. The van der Waals surface area contributed by atoms with Crippen molar-refractivity contribution in [2.24, 2.45) is 5.92 Å². The van der Waals surface area contributed by atoms with Crippen LogP contribution in [0.5, 0.6) is 0 Å². The molecule has 7 heteroatoms. The van der Waals surface area contributed by atoms with Crippen LogP contribution in [0.25, 0.3) is 0 Å². The molecule has 0 bridgehead atoms. The van der Waals surface area contributed by atoms with Gasteiger partial charge in [0.15, 0.2) is 5.69 Å². The van der Waals surface area contributed by atoms with Gasteiger partial charge in [0.05, 0.1) is 18.7 Å². The molecule has 0 unspecified atom stereocenters. The SMILES string of the molecule is CCOC(=O)c1csc(CN(CCC(C)C)C(=O)c2ccccc2F)n1. The van der Waals surface area contributed by atoms with Crippen LogP contribution in [-0.4, -0.2) is 34.9 Å². The molecule has 0 radical (unpaired) electrons. The number of amides is 1. The van der Waals surface area contributed by atoms with E-state index in [1.165, 1.54) is 23.5 Å². The first kappa shape index (κ1) is 20.0. The summed E-state index contributed by atoms with van der Waals surface area (Å²) in [5, 5.41) is 2.23. The molecule has 0 saturated heterocycles. The van der Waals surface area contributed by atoms with Crippen molar-refractivity contribution in [2.45, 2.75) is 33.7 Å². The first-order valence-electron chi connectivity index (χ1n) is 8.57. The van der Waals surface area contributed by atoms with Gasteiger partial charge in [-0.15, -0.1) is 11.3 Å². The molecule has 0 aliphatic rings. The van der Waals surface area contributed by atoms with E-state index in [0.29, 0.717) is 17.5 Å². The van der Waals surface area contributed by atoms with Crippen molar-refractivity contribution in [3.05, 3.63) is 51.7 Å². The number of carbonyl (C=O) groups is 2. The largest absolute Gasteiger partial charge is 0.461 e. The molecule has 140 valence electrons. The van der Waals surface area contributed by atoms with Crippen LogP contribution < -0.4 is 0 Å². The highest BCUT2D eigenvalue weighted by molar-refractivity contribution is 7.09. The molecule has 0 aliphatic carbocycles. The molecule has 0 aliphatic heterocycles. The highest BCUT2D eigenvalue weighted by atomic mass is 32.1. The number of benzene rings is 1. The van der Waals surface area contributed by atoms with Gasteiger partial charge < -0.3 is 9.64 Å². The van der Waals surface area contributed by atoms with Gasteiger partial charge in [-0.05, 0) is 31.4 Å². The molecule has 0 atom stereocenters. The molecule has 0 saturated carbocycles. The van der Waals surface area contributed by atoms with Crippen LogP contribution in [0.3, 0.4) is 0 Å². The number of halogens is 1. The maximum atomic E-state index is 14.0. The Kier molecular flexibility index (Phi) is 7.26. The van der Waals surface area contributed by atoms with Gasteiger partial charge in [-0.2, -0.15) is 0 Å². The van der Waals surface area contributed by atoms with Crippen LogP contribution in [0.4, 0.5) is 4.39 Å². The van der Waals surface area contributed by atoms with Gasteiger partial charge in [0, 0.05) is 11.9 Å². The number of esters is 1. The van der Waals surface area contributed by atoms with Crippen molar-refractivity contribution in [3.8, 4) is 0 Å². The number of aromatic nitrogens is 1. The number of nitrogens with zero attached hydrogens (tertiary/aromatic N) is 2. The average molecular weight is 378 g/mol. The fraction of sp³-hybridized carbons (Fsp3) is 0.421. The third-order valence-electron chi connectivity index (χ3n) is 3.73. The second-order valence-corrected chi connectivity index (χ2v) is 7.18. The van der Waals surface area contributed by atoms with Crippen molar-refractivity contribution >= 4 is 23.2 Å². The minimum Gasteiger partial charge on any atom is -0.461 e. The van der Waals surface area contributed by atoms with Crippen molar-refractivity contribution in [2.75, 3.05) is 13.2 Å². The summed E-state index contributed by atoms with van der Waals surface area (Å²) >= 11 is 1.28. The molecular formula is C19H23FN2O3S. The van der Waals surface area contributed by atoms with Crippen LogP contribution in [-0.2, 0) is 11.3 Å². The Morgan fingerprint density at radius 2 is 2.04 bits per heavy atom. The number of ether oxygens (including phenoxy) is 1. The van der Waals surface area contributed by atoms with Gasteiger partial charge >= 0.3 is 5.97 Å². The van der Waals surface area contributed by atoms with E-state index in [9.17, 15) is 14.0 Å². The fourth-order valence-corrected chi connectivity index (χ4v) is 3.10. The maximum Gasteiger partial charge on any atom is 0.357 e. The monoisotopic (exact) mass is 378 g/mol. The predicted molar refractivity (Wildman–Crippen MR) is 98.7 cm³/mol. The number of hydrogen-bond donors (Lipinski definition) is 0. The van der Waals surface area contributed by atoms with Crippen molar-refractivity contribution in [1.29, 1.82) is 0 Å². The Labute approximate surface area is 156 Å². The van der Waals surface area contributed by atoms with Crippen LogP contribution >= 0.6 is 11.3 Å². The molecule has 0 spiro atoms. The summed E-state index contributed by atoms with van der Waals surface area (Å²) in [6.07, 6.45) is 0.788. The number of hydrogen-bond acceptors (Lipinski definition) is 5. The first-order chi connectivity index (χ1) is 12.4. The molecule has 2 rings (SSSR count). The lowest BCUT2D eigenvalue weighted by Crippen LogP contribution is -2.32. The Bertz CT molecular complexity index is 761. The minimum atomic E-state index is -0.543. The summed E-state index contributed by atoms with van der Waals surface area (Å²) in [6.45, 7) is 6.84. The standard InChI is InChI=1S/C19H23FN2O3S/c1-4-25-19(24)16-12-26-17(21-16)11-22(10-9-13(2)3)18(23)14-7-5-6-8-15(14)20/h5-8,12-13H,4,9-11H2,1-3H3. The Morgan fingerprint density at radius 1 is 1.31 bits per heavy atom. The van der Waals surface area contributed by atoms with Gasteiger partial charge in [0.1, 0.15) is 10.8 Å². The Hall–Kier alpha value is -2.28. The zero-order valence-corrected chi connectivity index (χ0v) is 16.0. The Morgan fingerprint density at radius 3 is 2.69 bits per heavy atom. The summed E-state index contributed by atoms with van der Waals surface area (Å²) in [5.74, 6) is -1.00. The lowest BCUT2D eigenvalue weighted by atomic mass is 10.1. The quantitative estimate of drug-likeness (QED) is 0.648. The molecule has 5 nitrogen and oxygen atoms in total. The van der Waals surface area contributed by atoms with Crippen LogP contribution in [0.2, 0.25) is 0 Å². The maximum absolute atomic E-state index is 14.0. The second kappa shape index (κ2) is 9.43. The summed E-state index contributed by atoms with van der Waals surface area (Å²) in [6, 6.07) is 5.94. The van der Waals surface area contributed by atoms with E-state index in [-0.39, 0.29) is 30.3 Å². The Balaban J connectivity index is 2.18. The van der Waals surface area contributed by atoms with Crippen LogP contribution in [0.1, 0.15) is 53.0 Å². The van der Waals surface area contributed by atoms with Gasteiger partial charge in [0.25, 0.3) is 5.91 Å². The molecule has 1 aromatic carbocycles. The highest BCUT2D eigenvalue weighted by Gasteiger charge is 2.21. The summed E-state index contributed by atoms with van der Waals surface area (Å²) in [7, 11) is 0. The molecule has 0 N–H and O–H groups in total. The predicted octanol–water partition coefficient (Wildman–Crippen LogP) is 4.15. The first-order valence-corrected chi connectivity index (χ1v) is 9.45. The summed E-state index contributed by atoms with van der Waals surface area (Å²) < 4.78 is 18.9. The van der Waals surface area contributed by atoms with Crippen molar-refractivity contribution in [1.82, 2.24) is 9.88 Å². The highest BCUT2D eigenvalue weighted by Crippen LogP contribution is 2.18. The smallest absolute Gasteiger partial charge is 0.357 e. The van der Waals surface area contributed by atoms with Gasteiger partial charge in [-0.25, -0.2) is 14.2 Å². The lowest BCUT2D eigenvalue weighted by molar-refractivity contribution is 0.0520. The molecule has 1 amide bonds. The van der Waals surface area contributed by atoms with E-state index in [4.69, 9.17) is 4.74 Å². The van der Waals surface area contributed by atoms with E-state index in [1.54, 1.807) is 29.3 Å². The molecule has 0 fully saturated rings. The summed E-state index contributed by atoms with van der Waals surface area (Å²) in [4.78, 5) is 30.4. The van der Waals surface area contributed by atoms with E-state index in [1.807, 2.05) is 0 Å². The van der Waals surface area contributed by atoms with Crippen molar-refractivity contribution in [3.63, 3.8) is 0 Å². The van der Waals surface area contributed by atoms with Crippen molar-refractivity contribution < 1.29 is 18.7 Å². The number of carbonyl (C=O) groups excluding carboxylic acids is 2. The zero-order valence-electron chi connectivity index (χ0n) is 15.2. The molecular weight excluding hydrogens is 355 g/mol. The third-order valence-corrected chi connectivity index (χ3v) is 4.56. The lowest BCUT2D eigenvalue weighted by Gasteiger charge is -2.23. The van der Waals surface area contributed by atoms with Gasteiger partial charge in [-0.3, -0.25) is 4.79 Å². The fourth-order valence-electron chi connectivity index (χ4n) is 2.32. The molecule has 2 aromatic rings. The minimum absolute atomic E-state index is 0.0402. The topological polar surface area (TPSA) is 59.5 Å².